The van der Waals surface area contributed by atoms with Crippen LogP contribution < -0.4 is 14.4 Å². The van der Waals surface area contributed by atoms with Gasteiger partial charge in [-0.1, -0.05) is 42.5 Å². The summed E-state index contributed by atoms with van der Waals surface area (Å²) in [5, 5.41) is 0. The molecular weight excluding hydrogens is 518 g/mol. The van der Waals surface area contributed by atoms with E-state index < -0.39 is 0 Å². The van der Waals surface area contributed by atoms with Crippen molar-refractivity contribution in [3.63, 3.8) is 0 Å². The first-order chi connectivity index (χ1) is 20.0. The Morgan fingerprint density at radius 3 is 2.37 bits per heavy atom. The number of carbonyl (C=O) groups excluding carboxylic acids is 2. The van der Waals surface area contributed by atoms with E-state index in [9.17, 15) is 9.59 Å². The van der Waals surface area contributed by atoms with Crippen molar-refractivity contribution >= 4 is 17.6 Å². The molecule has 5 rings (SSSR count). The maximum Gasteiger partial charge on any atom is 0.340 e. The highest BCUT2D eigenvalue weighted by atomic mass is 16.5. The van der Waals surface area contributed by atoms with Crippen LogP contribution in [0.5, 0.6) is 11.5 Å². The predicted molar refractivity (Wildman–Crippen MR) is 158 cm³/mol. The van der Waals surface area contributed by atoms with Gasteiger partial charge in [0.25, 0.3) is 0 Å². The number of ether oxygens (including phenoxy) is 4. The second-order valence-electron chi connectivity index (χ2n) is 11.0. The van der Waals surface area contributed by atoms with E-state index in [0.717, 1.165) is 61.3 Å². The molecule has 1 saturated carbocycles. The zero-order valence-corrected chi connectivity index (χ0v) is 23.9. The van der Waals surface area contributed by atoms with Crippen LogP contribution in [0.4, 0.5) is 5.69 Å². The number of methoxy groups -OCH3 is 2. The van der Waals surface area contributed by atoms with Crippen LogP contribution in [0.2, 0.25) is 0 Å². The van der Waals surface area contributed by atoms with Crippen LogP contribution in [0, 0.1) is 11.8 Å². The number of rotatable bonds is 12. The maximum atomic E-state index is 13.1. The number of hydrogen-bond acceptors (Lipinski definition) is 7. The molecule has 1 aliphatic heterocycles. The van der Waals surface area contributed by atoms with Crippen LogP contribution in [0.25, 0.3) is 0 Å². The van der Waals surface area contributed by atoms with Gasteiger partial charge in [0, 0.05) is 19.2 Å². The summed E-state index contributed by atoms with van der Waals surface area (Å²) < 4.78 is 22.3. The average molecular weight is 558 g/mol. The van der Waals surface area contributed by atoms with E-state index in [1.807, 2.05) is 48.5 Å². The van der Waals surface area contributed by atoms with Gasteiger partial charge in [-0.25, -0.2) is 4.79 Å². The molecule has 0 bridgehead atoms. The van der Waals surface area contributed by atoms with Crippen LogP contribution in [0.1, 0.15) is 59.5 Å². The molecule has 0 N–H and O–H groups in total. The SMILES string of the molecule is COC(=O)CC(c1cccc(OCC2CCN(c3cc(OC)ccc3C(=O)OCc3ccccc3)CC2)c1)C1CC1. The van der Waals surface area contributed by atoms with Gasteiger partial charge in [-0.05, 0) is 78.8 Å². The highest BCUT2D eigenvalue weighted by Crippen LogP contribution is 2.45. The summed E-state index contributed by atoms with van der Waals surface area (Å²) in [6.45, 7) is 2.48. The molecule has 1 heterocycles. The summed E-state index contributed by atoms with van der Waals surface area (Å²) in [5.41, 5.74) is 3.49. The lowest BCUT2D eigenvalue weighted by Crippen LogP contribution is -2.36. The van der Waals surface area contributed by atoms with Gasteiger partial charge in [-0.2, -0.15) is 0 Å². The molecule has 1 unspecified atom stereocenters. The maximum absolute atomic E-state index is 13.1. The van der Waals surface area contributed by atoms with Crippen molar-refractivity contribution in [2.24, 2.45) is 11.8 Å². The molecule has 1 atom stereocenters. The van der Waals surface area contributed by atoms with Crippen molar-refractivity contribution in [1.82, 2.24) is 0 Å². The van der Waals surface area contributed by atoms with Crippen molar-refractivity contribution < 1.29 is 28.5 Å². The fourth-order valence-corrected chi connectivity index (χ4v) is 5.58. The van der Waals surface area contributed by atoms with E-state index in [4.69, 9.17) is 18.9 Å². The largest absolute Gasteiger partial charge is 0.497 e. The minimum absolute atomic E-state index is 0.163. The normalized spacial score (nSPS) is 16.1. The lowest BCUT2D eigenvalue weighted by atomic mass is 9.91. The van der Waals surface area contributed by atoms with Gasteiger partial charge in [0.2, 0.25) is 0 Å². The zero-order valence-electron chi connectivity index (χ0n) is 23.9. The summed E-state index contributed by atoms with van der Waals surface area (Å²) >= 11 is 0. The first kappa shape index (κ1) is 28.5. The Morgan fingerprint density at radius 1 is 0.878 bits per heavy atom. The molecule has 216 valence electrons. The van der Waals surface area contributed by atoms with Crippen molar-refractivity contribution in [2.45, 2.75) is 44.6 Å². The van der Waals surface area contributed by atoms with Gasteiger partial charge >= 0.3 is 11.9 Å². The predicted octanol–water partition coefficient (Wildman–Crippen LogP) is 6.40. The molecule has 7 heteroatoms. The summed E-state index contributed by atoms with van der Waals surface area (Å²) in [4.78, 5) is 27.3. The summed E-state index contributed by atoms with van der Waals surface area (Å²) in [6.07, 6.45) is 4.62. The summed E-state index contributed by atoms with van der Waals surface area (Å²) in [5.74, 6) is 2.19. The third kappa shape index (κ3) is 7.60. The number of benzene rings is 3. The molecule has 7 nitrogen and oxygen atoms in total. The molecular formula is C34H39NO6. The molecule has 1 aliphatic carbocycles. The second kappa shape index (κ2) is 13.6. The minimum atomic E-state index is -0.339. The molecule has 0 amide bonds. The number of hydrogen-bond donors (Lipinski definition) is 0. The molecule has 2 aliphatic rings. The monoisotopic (exact) mass is 557 g/mol. The van der Waals surface area contributed by atoms with Gasteiger partial charge < -0.3 is 23.8 Å². The first-order valence-electron chi connectivity index (χ1n) is 14.5. The van der Waals surface area contributed by atoms with Crippen molar-refractivity contribution in [3.8, 4) is 11.5 Å². The average Bonchev–Trinajstić information content (AvgIpc) is 3.87. The number of piperidine rings is 1. The molecule has 1 saturated heterocycles. The van der Waals surface area contributed by atoms with E-state index >= 15 is 0 Å². The second-order valence-corrected chi connectivity index (χ2v) is 11.0. The highest BCUT2D eigenvalue weighted by Gasteiger charge is 2.34. The van der Waals surface area contributed by atoms with Crippen LogP contribution in [-0.2, 0) is 20.9 Å². The third-order valence-corrected chi connectivity index (χ3v) is 8.17. The van der Waals surface area contributed by atoms with Crippen LogP contribution in [0.15, 0.2) is 72.8 Å². The van der Waals surface area contributed by atoms with E-state index in [1.165, 1.54) is 7.11 Å². The van der Waals surface area contributed by atoms with Crippen LogP contribution in [0.3, 0.4) is 0 Å². The lowest BCUT2D eigenvalue weighted by Gasteiger charge is -2.34. The van der Waals surface area contributed by atoms with Gasteiger partial charge in [-0.3, -0.25) is 4.79 Å². The fourth-order valence-electron chi connectivity index (χ4n) is 5.58. The van der Waals surface area contributed by atoms with E-state index in [1.54, 1.807) is 19.2 Å². The highest BCUT2D eigenvalue weighted by molar-refractivity contribution is 5.96. The zero-order chi connectivity index (χ0) is 28.6. The summed E-state index contributed by atoms with van der Waals surface area (Å²) in [6, 6.07) is 23.4. The number of esters is 2. The van der Waals surface area contributed by atoms with Crippen LogP contribution in [-0.4, -0.2) is 45.9 Å². The smallest absolute Gasteiger partial charge is 0.340 e. The topological polar surface area (TPSA) is 74.3 Å². The summed E-state index contributed by atoms with van der Waals surface area (Å²) in [7, 11) is 3.08. The Bertz CT molecular complexity index is 1310. The van der Waals surface area contributed by atoms with Gasteiger partial charge in [-0.15, -0.1) is 0 Å². The van der Waals surface area contributed by atoms with Crippen molar-refractivity contribution in [2.75, 3.05) is 38.8 Å². The number of anilines is 1. The Hall–Kier alpha value is -4.00. The van der Waals surface area contributed by atoms with Crippen molar-refractivity contribution in [3.05, 3.63) is 89.5 Å². The molecule has 2 fully saturated rings. The quantitative estimate of drug-likeness (QED) is 0.239. The Balaban J connectivity index is 1.18. The standard InChI is InChI=1S/C34H39NO6/c1-38-28-13-14-30(34(37)41-23-24-7-4-3-5-8-24)32(20-28)35-17-15-25(16-18-35)22-40-29-10-6-9-27(19-29)31(26-11-12-26)21-33(36)39-2/h3-10,13-14,19-20,25-26,31H,11-12,15-18,21-23H2,1-2H3. The van der Waals surface area contributed by atoms with Crippen LogP contribution >= 0.6 is 0 Å². The van der Waals surface area contributed by atoms with E-state index in [-0.39, 0.29) is 24.5 Å². The number of carbonyl (C=O) groups is 2. The molecule has 41 heavy (non-hydrogen) atoms. The Kier molecular flexibility index (Phi) is 9.44. The molecule has 0 aromatic heterocycles. The molecule has 3 aromatic rings. The number of nitrogens with zero attached hydrogens (tertiary/aromatic N) is 1. The van der Waals surface area contributed by atoms with Crippen molar-refractivity contribution in [1.29, 1.82) is 0 Å². The third-order valence-electron chi connectivity index (χ3n) is 8.17. The van der Waals surface area contributed by atoms with E-state index in [0.29, 0.717) is 36.2 Å². The van der Waals surface area contributed by atoms with Gasteiger partial charge in [0.05, 0.1) is 38.5 Å². The van der Waals surface area contributed by atoms with Gasteiger partial charge in [0.1, 0.15) is 18.1 Å². The Morgan fingerprint density at radius 2 is 1.66 bits per heavy atom. The minimum Gasteiger partial charge on any atom is -0.497 e. The fraction of sp³-hybridized carbons (Fsp3) is 0.412. The van der Waals surface area contributed by atoms with E-state index in [2.05, 4.69) is 17.0 Å². The first-order valence-corrected chi connectivity index (χ1v) is 14.5. The Labute approximate surface area is 242 Å². The molecule has 0 radical (unpaired) electrons. The molecule has 3 aromatic carbocycles. The van der Waals surface area contributed by atoms with Gasteiger partial charge in [0.15, 0.2) is 0 Å². The molecule has 0 spiro atoms. The lowest BCUT2D eigenvalue weighted by molar-refractivity contribution is -0.141.